The lowest BCUT2D eigenvalue weighted by Crippen LogP contribution is -2.35. The molecule has 0 aromatic rings. The van der Waals surface area contributed by atoms with Crippen molar-refractivity contribution in [3.05, 3.63) is 0 Å². The third-order valence-electron chi connectivity index (χ3n) is 0.826. The topological polar surface area (TPSA) is 66.4 Å². The van der Waals surface area contributed by atoms with Gasteiger partial charge < -0.3 is 10.4 Å². The normalized spacial score (nSPS) is 12.2. The van der Waals surface area contributed by atoms with Crippen LogP contribution in [0.25, 0.3) is 0 Å². The molecule has 0 rings (SSSR count). The summed E-state index contributed by atoms with van der Waals surface area (Å²) >= 11 is 2.75. The lowest BCUT2D eigenvalue weighted by atomic mass is 10.4. The van der Waals surface area contributed by atoms with Crippen molar-refractivity contribution in [3.8, 4) is 0 Å². The molecule has 0 aromatic heterocycles. The van der Waals surface area contributed by atoms with Crippen LogP contribution in [0.1, 0.15) is 13.3 Å². The van der Waals surface area contributed by atoms with Crippen LogP contribution < -0.4 is 5.32 Å². The minimum atomic E-state index is -1.10. The molecule has 0 aliphatic heterocycles. The van der Waals surface area contributed by atoms with Gasteiger partial charge in [0.15, 0.2) is 4.95 Å². The largest absolute Gasteiger partial charge is 0.479 e. The van der Waals surface area contributed by atoms with Gasteiger partial charge in [-0.05, 0) is 0 Å². The summed E-state index contributed by atoms with van der Waals surface area (Å²) in [5, 5.41) is 10.5. The van der Waals surface area contributed by atoms with Crippen LogP contribution in [-0.4, -0.2) is 21.9 Å². The Morgan fingerprint density at radius 3 is 2.50 bits per heavy atom. The fourth-order valence-corrected chi connectivity index (χ4v) is 0.560. The molecule has 0 radical (unpaired) electrons. The Hall–Kier alpha value is -0.580. The second-order valence-electron chi connectivity index (χ2n) is 1.62. The first-order valence-corrected chi connectivity index (χ1v) is 3.65. The van der Waals surface area contributed by atoms with Crippen molar-refractivity contribution in [1.29, 1.82) is 0 Å². The van der Waals surface area contributed by atoms with Gasteiger partial charge in [0, 0.05) is 6.42 Å². The van der Waals surface area contributed by atoms with Crippen molar-refractivity contribution in [2.45, 2.75) is 18.3 Å². The summed E-state index contributed by atoms with van der Waals surface area (Å²) in [6.45, 7) is 1.65. The summed E-state index contributed by atoms with van der Waals surface area (Å²) in [6, 6.07) is 0. The van der Waals surface area contributed by atoms with Gasteiger partial charge in [-0.2, -0.15) is 0 Å². The Balaban J connectivity index is 3.68. The predicted octanol–water partition coefficient (Wildman–Crippen LogP) is 0.318. The third kappa shape index (κ3) is 3.45. The van der Waals surface area contributed by atoms with Crippen molar-refractivity contribution in [2.75, 3.05) is 0 Å². The molecule has 5 heteroatoms. The second kappa shape index (κ2) is 4.27. The Morgan fingerprint density at radius 1 is 1.70 bits per heavy atom. The van der Waals surface area contributed by atoms with E-state index in [9.17, 15) is 9.59 Å². The van der Waals surface area contributed by atoms with Crippen LogP contribution in [0.3, 0.4) is 0 Å². The van der Waals surface area contributed by atoms with E-state index < -0.39 is 10.9 Å². The molecule has 0 saturated carbocycles. The fourth-order valence-electron chi connectivity index (χ4n) is 0.305. The van der Waals surface area contributed by atoms with Gasteiger partial charge >= 0.3 is 5.97 Å². The third-order valence-corrected chi connectivity index (χ3v) is 1.45. The quantitative estimate of drug-likeness (QED) is 0.520. The molecule has 0 aromatic carbocycles. The maximum absolute atomic E-state index is 10.5. The van der Waals surface area contributed by atoms with Gasteiger partial charge in [-0.15, -0.1) is 0 Å². The summed E-state index contributed by atoms with van der Waals surface area (Å²) in [4.78, 5) is 19.6. The van der Waals surface area contributed by atoms with Crippen LogP contribution in [0.5, 0.6) is 0 Å². The van der Waals surface area contributed by atoms with Crippen LogP contribution in [0, 0.1) is 0 Å². The highest BCUT2D eigenvalue weighted by molar-refractivity contribution is 9.10. The zero-order chi connectivity index (χ0) is 8.15. The van der Waals surface area contributed by atoms with Gasteiger partial charge in [-0.25, -0.2) is 4.79 Å². The second-order valence-corrected chi connectivity index (χ2v) is 2.54. The number of rotatable bonds is 3. The number of hydrogen-bond acceptors (Lipinski definition) is 2. The summed E-state index contributed by atoms with van der Waals surface area (Å²) < 4.78 is 0. The number of carboxylic acid groups (broad SMARTS) is 1. The van der Waals surface area contributed by atoms with E-state index in [-0.39, 0.29) is 12.3 Å². The summed E-state index contributed by atoms with van der Waals surface area (Å²) in [5.41, 5.74) is 0. The van der Waals surface area contributed by atoms with Gasteiger partial charge in [0.1, 0.15) is 0 Å². The fraction of sp³-hybridized carbons (Fsp3) is 0.600. The Kier molecular flexibility index (Phi) is 4.02. The number of alkyl halides is 1. The molecular formula is C5H8BrNO3. The number of hydrogen-bond donors (Lipinski definition) is 2. The summed E-state index contributed by atoms with van der Waals surface area (Å²) in [6.07, 6.45) is 0.287. The van der Waals surface area contributed by atoms with E-state index in [1.807, 2.05) is 0 Å². The Labute approximate surface area is 66.7 Å². The Bertz CT molecular complexity index is 148. The van der Waals surface area contributed by atoms with Crippen LogP contribution >= 0.6 is 15.9 Å². The lowest BCUT2D eigenvalue weighted by molar-refractivity contribution is -0.138. The molecular weight excluding hydrogens is 202 g/mol. The molecule has 4 nitrogen and oxygen atoms in total. The first-order valence-electron chi connectivity index (χ1n) is 2.74. The van der Waals surface area contributed by atoms with Gasteiger partial charge in [0.25, 0.3) is 0 Å². The predicted molar refractivity (Wildman–Crippen MR) is 38.8 cm³/mol. The van der Waals surface area contributed by atoms with E-state index >= 15 is 0 Å². The molecule has 0 saturated heterocycles. The lowest BCUT2D eigenvalue weighted by Gasteiger charge is -2.04. The van der Waals surface area contributed by atoms with Gasteiger partial charge in [-0.1, -0.05) is 22.9 Å². The number of carboxylic acids is 1. The SMILES string of the molecule is CCC(=O)NC(Br)C(=O)O. The molecule has 10 heavy (non-hydrogen) atoms. The molecule has 1 unspecified atom stereocenters. The number of nitrogens with one attached hydrogen (secondary N) is 1. The standard InChI is InChI=1S/C5H8BrNO3/c1-2-3(8)7-4(6)5(9)10/h4H,2H2,1H3,(H,7,8)(H,9,10). The van der Waals surface area contributed by atoms with E-state index in [0.29, 0.717) is 0 Å². The summed E-state index contributed by atoms with van der Waals surface area (Å²) in [5.74, 6) is -1.38. The number of aliphatic carboxylic acids is 1. The van der Waals surface area contributed by atoms with Gasteiger partial charge in [0.2, 0.25) is 5.91 Å². The maximum atomic E-state index is 10.5. The van der Waals surface area contributed by atoms with Crippen molar-refractivity contribution in [3.63, 3.8) is 0 Å². The minimum absolute atomic E-state index is 0.287. The average Bonchev–Trinajstić information content (AvgIpc) is 1.87. The zero-order valence-corrected chi connectivity index (χ0v) is 7.01. The maximum Gasteiger partial charge on any atom is 0.337 e. The molecule has 0 spiro atoms. The highest BCUT2D eigenvalue weighted by atomic mass is 79.9. The van der Waals surface area contributed by atoms with Crippen molar-refractivity contribution in [1.82, 2.24) is 5.32 Å². The van der Waals surface area contributed by atoms with Crippen LogP contribution in [0.4, 0.5) is 0 Å². The van der Waals surface area contributed by atoms with E-state index in [1.54, 1.807) is 6.92 Å². The zero-order valence-electron chi connectivity index (χ0n) is 5.43. The van der Waals surface area contributed by atoms with Crippen molar-refractivity contribution in [2.24, 2.45) is 0 Å². The number of carbonyl (C=O) groups is 2. The van der Waals surface area contributed by atoms with E-state index in [1.165, 1.54) is 0 Å². The monoisotopic (exact) mass is 209 g/mol. The average molecular weight is 210 g/mol. The number of halogens is 1. The van der Waals surface area contributed by atoms with Crippen LogP contribution in [0.15, 0.2) is 0 Å². The first kappa shape index (κ1) is 9.42. The molecule has 0 fully saturated rings. The van der Waals surface area contributed by atoms with Crippen LogP contribution in [-0.2, 0) is 9.59 Å². The highest BCUT2D eigenvalue weighted by Gasteiger charge is 2.13. The van der Waals surface area contributed by atoms with Crippen molar-refractivity contribution >= 4 is 27.8 Å². The van der Waals surface area contributed by atoms with Crippen molar-refractivity contribution < 1.29 is 14.7 Å². The molecule has 0 bridgehead atoms. The molecule has 1 atom stereocenters. The molecule has 0 aliphatic carbocycles. The molecule has 1 amide bonds. The Morgan fingerprint density at radius 2 is 2.20 bits per heavy atom. The van der Waals surface area contributed by atoms with E-state index in [0.717, 1.165) is 0 Å². The minimum Gasteiger partial charge on any atom is -0.479 e. The molecule has 0 heterocycles. The van der Waals surface area contributed by atoms with Crippen LogP contribution in [0.2, 0.25) is 0 Å². The molecule has 0 aliphatic rings. The number of carbonyl (C=O) groups excluding carboxylic acids is 1. The van der Waals surface area contributed by atoms with Gasteiger partial charge in [-0.3, -0.25) is 4.79 Å². The van der Waals surface area contributed by atoms with E-state index in [4.69, 9.17) is 5.11 Å². The smallest absolute Gasteiger partial charge is 0.337 e. The number of amides is 1. The highest BCUT2D eigenvalue weighted by Crippen LogP contribution is 1.94. The summed E-state index contributed by atoms with van der Waals surface area (Å²) in [7, 11) is 0. The molecule has 2 N–H and O–H groups in total. The van der Waals surface area contributed by atoms with E-state index in [2.05, 4.69) is 21.2 Å². The first-order chi connectivity index (χ1) is 4.57. The van der Waals surface area contributed by atoms with Gasteiger partial charge in [0.05, 0.1) is 0 Å². The molecule has 58 valence electrons.